The highest BCUT2D eigenvalue weighted by molar-refractivity contribution is 5.81. The summed E-state index contributed by atoms with van der Waals surface area (Å²) in [5.41, 5.74) is 9.85. The van der Waals surface area contributed by atoms with E-state index in [9.17, 15) is 0 Å². The smallest absolute Gasteiger partial charge is 0.108 e. The predicted molar refractivity (Wildman–Crippen MR) is 139 cm³/mol. The Balaban J connectivity index is 1.67. The van der Waals surface area contributed by atoms with Crippen molar-refractivity contribution in [1.29, 1.82) is 0 Å². The number of allylic oxidation sites excluding steroid dienone is 2. The third-order valence-electron chi connectivity index (χ3n) is 8.48. The molecule has 0 N–H and O–H groups in total. The lowest BCUT2D eigenvalue weighted by atomic mass is 9.60. The summed E-state index contributed by atoms with van der Waals surface area (Å²) in [6.07, 6.45) is 6.89. The third-order valence-corrected chi connectivity index (χ3v) is 8.48. The number of para-hydroxylation sites is 2. The maximum atomic E-state index is 2.67. The van der Waals surface area contributed by atoms with Crippen LogP contribution in [0.25, 0.3) is 0 Å². The van der Waals surface area contributed by atoms with E-state index < -0.39 is 0 Å². The van der Waals surface area contributed by atoms with Gasteiger partial charge in [-0.05, 0) is 68.4 Å². The minimum absolute atomic E-state index is 0.0892. The molecule has 2 atom stereocenters. The van der Waals surface area contributed by atoms with Crippen LogP contribution in [-0.4, -0.2) is 6.17 Å². The molecule has 1 aliphatic carbocycles. The fourth-order valence-electron chi connectivity index (χ4n) is 7.21. The van der Waals surface area contributed by atoms with Gasteiger partial charge in [0.2, 0.25) is 0 Å². The highest BCUT2D eigenvalue weighted by Crippen LogP contribution is 2.62. The first kappa shape index (κ1) is 20.6. The van der Waals surface area contributed by atoms with Gasteiger partial charge in [0.1, 0.15) is 6.17 Å². The Morgan fingerprint density at radius 2 is 1.33 bits per heavy atom. The number of fused-ring (bicyclic) bond motifs is 3. The molecule has 3 aliphatic rings. The molecule has 2 unspecified atom stereocenters. The van der Waals surface area contributed by atoms with E-state index in [1.807, 2.05) is 0 Å². The number of benzene rings is 3. The minimum Gasteiger partial charge on any atom is -0.322 e. The number of hydrogen-bond acceptors (Lipinski definition) is 2. The second kappa shape index (κ2) is 7.80. The summed E-state index contributed by atoms with van der Waals surface area (Å²) < 4.78 is 0. The quantitative estimate of drug-likeness (QED) is 0.415. The molecule has 1 saturated carbocycles. The van der Waals surface area contributed by atoms with Crippen LogP contribution in [0.3, 0.4) is 0 Å². The summed E-state index contributed by atoms with van der Waals surface area (Å²) >= 11 is 0. The van der Waals surface area contributed by atoms with Gasteiger partial charge in [0.15, 0.2) is 0 Å². The molecule has 2 heteroatoms. The zero-order valence-corrected chi connectivity index (χ0v) is 20.1. The Morgan fingerprint density at radius 1 is 0.697 bits per heavy atom. The molecule has 0 amide bonds. The molecule has 2 aliphatic heterocycles. The van der Waals surface area contributed by atoms with Gasteiger partial charge in [-0.2, -0.15) is 0 Å². The van der Waals surface area contributed by atoms with Crippen molar-refractivity contribution in [3.8, 4) is 0 Å². The van der Waals surface area contributed by atoms with Crippen molar-refractivity contribution in [2.24, 2.45) is 5.92 Å². The molecule has 0 saturated heterocycles. The van der Waals surface area contributed by atoms with E-state index in [-0.39, 0.29) is 11.6 Å². The number of nitrogens with zero attached hydrogens (tertiary/aromatic N) is 2. The number of hydrogen-bond donors (Lipinski definition) is 0. The van der Waals surface area contributed by atoms with E-state index in [1.54, 1.807) is 0 Å². The van der Waals surface area contributed by atoms with Crippen LogP contribution in [0.4, 0.5) is 11.4 Å². The monoisotopic (exact) mass is 434 g/mol. The van der Waals surface area contributed by atoms with E-state index in [4.69, 9.17) is 0 Å². The first-order chi connectivity index (χ1) is 16.2. The highest BCUT2D eigenvalue weighted by Gasteiger charge is 2.58. The van der Waals surface area contributed by atoms with Gasteiger partial charge in [0, 0.05) is 17.1 Å². The largest absolute Gasteiger partial charge is 0.322 e. The topological polar surface area (TPSA) is 6.48 Å². The van der Waals surface area contributed by atoms with Crippen LogP contribution in [0.2, 0.25) is 0 Å². The van der Waals surface area contributed by atoms with Crippen LogP contribution in [0, 0.1) is 12.8 Å². The first-order valence-corrected chi connectivity index (χ1v) is 12.7. The van der Waals surface area contributed by atoms with Gasteiger partial charge in [-0.3, -0.25) is 0 Å². The molecule has 6 rings (SSSR count). The first-order valence-electron chi connectivity index (χ1n) is 12.7. The molecule has 1 fully saturated rings. The number of anilines is 2. The van der Waals surface area contributed by atoms with E-state index in [0.29, 0.717) is 5.92 Å². The van der Waals surface area contributed by atoms with Crippen molar-refractivity contribution >= 4 is 11.4 Å². The summed E-state index contributed by atoms with van der Waals surface area (Å²) in [4.78, 5) is 5.25. The van der Waals surface area contributed by atoms with Gasteiger partial charge in [-0.25, -0.2) is 0 Å². The average molecular weight is 435 g/mol. The van der Waals surface area contributed by atoms with E-state index >= 15 is 0 Å². The molecule has 0 spiro atoms. The molecule has 33 heavy (non-hydrogen) atoms. The highest BCUT2D eigenvalue weighted by atomic mass is 15.4. The lowest BCUT2D eigenvalue weighted by Gasteiger charge is -2.42. The summed E-state index contributed by atoms with van der Waals surface area (Å²) in [6.45, 7) is 6.98. The van der Waals surface area contributed by atoms with E-state index in [1.165, 1.54) is 71.6 Å². The third kappa shape index (κ3) is 2.79. The van der Waals surface area contributed by atoms with Crippen molar-refractivity contribution < 1.29 is 0 Å². The number of aryl methyl sites for hydroxylation is 1. The Hall–Kier alpha value is -3.00. The van der Waals surface area contributed by atoms with Gasteiger partial charge in [-0.1, -0.05) is 86.0 Å². The average Bonchev–Trinajstić information content (AvgIpc) is 3.31. The van der Waals surface area contributed by atoms with Crippen LogP contribution in [0.1, 0.15) is 62.6 Å². The molecule has 2 nitrogen and oxygen atoms in total. The normalized spacial score (nSPS) is 24.9. The Labute approximate surface area is 198 Å². The van der Waals surface area contributed by atoms with Crippen molar-refractivity contribution in [2.75, 3.05) is 9.80 Å². The SMILES string of the molecule is CC1=C2N(c3ccccc3C2(c2ccccc2)C2CCCCC2)C(C)N1c1ccccc1C. The standard InChI is InChI=1S/C31H34N2/c1-22-14-10-12-20-28(22)32-23(2)30-31(25-15-6-4-7-16-25,26-17-8-5-9-18-26)27-19-11-13-21-29(27)33(30)24(32)3/h4,6-7,10-16,19-21,24,26H,5,8-9,17-18H2,1-3H3. The van der Waals surface area contributed by atoms with Crippen LogP contribution < -0.4 is 9.80 Å². The Morgan fingerprint density at radius 3 is 2.06 bits per heavy atom. The van der Waals surface area contributed by atoms with E-state index in [2.05, 4.69) is 109 Å². The van der Waals surface area contributed by atoms with Gasteiger partial charge >= 0.3 is 0 Å². The molecule has 2 heterocycles. The van der Waals surface area contributed by atoms with Crippen molar-refractivity contribution in [3.05, 3.63) is 107 Å². The second-order valence-electron chi connectivity index (χ2n) is 10.1. The maximum Gasteiger partial charge on any atom is 0.108 e. The fraction of sp³-hybridized carbons (Fsp3) is 0.355. The lowest BCUT2D eigenvalue weighted by molar-refractivity contribution is 0.271. The minimum atomic E-state index is -0.0892. The molecule has 3 aromatic rings. The van der Waals surface area contributed by atoms with Gasteiger partial charge in [0.05, 0.1) is 11.1 Å². The Kier molecular flexibility index (Phi) is 4.87. The van der Waals surface area contributed by atoms with Crippen LogP contribution in [0.5, 0.6) is 0 Å². The van der Waals surface area contributed by atoms with Crippen LogP contribution in [-0.2, 0) is 5.41 Å². The summed E-state index contributed by atoms with van der Waals surface area (Å²) in [5.74, 6) is 0.619. The van der Waals surface area contributed by atoms with Crippen molar-refractivity contribution in [2.45, 2.75) is 64.5 Å². The zero-order chi connectivity index (χ0) is 22.6. The van der Waals surface area contributed by atoms with Crippen LogP contribution >= 0.6 is 0 Å². The fourth-order valence-corrected chi connectivity index (χ4v) is 7.21. The molecular weight excluding hydrogens is 400 g/mol. The molecule has 0 aromatic heterocycles. The van der Waals surface area contributed by atoms with Crippen molar-refractivity contribution in [1.82, 2.24) is 0 Å². The molecular formula is C31H34N2. The molecule has 0 radical (unpaired) electrons. The van der Waals surface area contributed by atoms with Gasteiger partial charge in [0.25, 0.3) is 0 Å². The predicted octanol–water partition coefficient (Wildman–Crippen LogP) is 7.78. The summed E-state index contributed by atoms with van der Waals surface area (Å²) in [7, 11) is 0. The van der Waals surface area contributed by atoms with Crippen LogP contribution in [0.15, 0.2) is 90.3 Å². The van der Waals surface area contributed by atoms with Gasteiger partial charge < -0.3 is 9.80 Å². The molecule has 3 aromatic carbocycles. The lowest BCUT2D eigenvalue weighted by Crippen LogP contribution is -2.41. The van der Waals surface area contributed by atoms with Crippen molar-refractivity contribution in [3.63, 3.8) is 0 Å². The van der Waals surface area contributed by atoms with Gasteiger partial charge in [-0.15, -0.1) is 0 Å². The summed E-state index contributed by atoms with van der Waals surface area (Å²) in [6, 6.07) is 29.5. The molecule has 0 bridgehead atoms. The van der Waals surface area contributed by atoms with E-state index in [0.717, 1.165) is 0 Å². The zero-order valence-electron chi connectivity index (χ0n) is 20.1. The maximum absolute atomic E-state index is 2.67. The number of rotatable bonds is 3. The Bertz CT molecular complexity index is 1200. The molecule has 168 valence electrons. The second-order valence-corrected chi connectivity index (χ2v) is 10.1. The summed E-state index contributed by atoms with van der Waals surface area (Å²) in [5, 5.41) is 0.